The van der Waals surface area contributed by atoms with E-state index in [1.807, 2.05) is 6.92 Å². The summed E-state index contributed by atoms with van der Waals surface area (Å²) in [5, 5.41) is 2.90. The van der Waals surface area contributed by atoms with Crippen LogP contribution in [0.1, 0.15) is 37.8 Å². The highest BCUT2D eigenvalue weighted by molar-refractivity contribution is 5.98. The van der Waals surface area contributed by atoms with Crippen molar-refractivity contribution in [1.29, 1.82) is 0 Å². The van der Waals surface area contributed by atoms with Crippen LogP contribution in [0.15, 0.2) is 36.5 Å². The highest BCUT2D eigenvalue weighted by Crippen LogP contribution is 2.27. The van der Waals surface area contributed by atoms with Crippen molar-refractivity contribution >= 4 is 11.6 Å². The number of carbonyl (C=O) groups excluding carboxylic acids is 1. The second kappa shape index (κ2) is 6.97. The Morgan fingerprint density at radius 3 is 2.54 bits per heavy atom. The fourth-order valence-electron chi connectivity index (χ4n) is 2.85. The minimum atomic E-state index is -0.747. The fraction of sp³-hybridized carbons (Fsp3) is 0.389. The average molecular weight is 326 g/mol. The number of rotatable bonds is 4. The number of carbonyl (C=O) groups is 1. The molecule has 1 aliphatic rings. The zero-order valence-corrected chi connectivity index (χ0v) is 13.8. The Bertz CT molecular complexity index is 709. The summed E-state index contributed by atoms with van der Waals surface area (Å²) in [5.41, 5.74) is 7.04. The van der Waals surface area contributed by atoms with E-state index in [1.54, 1.807) is 36.5 Å². The standard InChI is InChI=1S/C18H22N4O2/c1-13-9-12-20-17(21-13)24-15-7-5-14(6-8-15)22-16(23)18(19)10-3-2-4-11-18/h5-9,12H,2-4,10-11,19H2,1H3,(H,22,23). The molecule has 2 aromatic rings. The number of aryl methyl sites for hydroxylation is 1. The molecule has 0 bridgehead atoms. The van der Waals surface area contributed by atoms with Gasteiger partial charge in [0.15, 0.2) is 0 Å². The number of aromatic nitrogens is 2. The van der Waals surface area contributed by atoms with E-state index in [4.69, 9.17) is 10.5 Å². The predicted octanol–water partition coefficient (Wildman–Crippen LogP) is 3.18. The summed E-state index contributed by atoms with van der Waals surface area (Å²) in [6, 6.07) is 9.22. The van der Waals surface area contributed by atoms with Gasteiger partial charge in [-0.15, -0.1) is 0 Å². The predicted molar refractivity (Wildman–Crippen MR) is 91.9 cm³/mol. The van der Waals surface area contributed by atoms with Gasteiger partial charge in [-0.25, -0.2) is 9.97 Å². The lowest BCUT2D eigenvalue weighted by atomic mass is 9.82. The SMILES string of the molecule is Cc1ccnc(Oc2ccc(NC(=O)C3(N)CCCCC3)cc2)n1. The molecule has 126 valence electrons. The fourth-order valence-corrected chi connectivity index (χ4v) is 2.85. The summed E-state index contributed by atoms with van der Waals surface area (Å²) in [6.45, 7) is 1.88. The lowest BCUT2D eigenvalue weighted by molar-refractivity contribution is -0.122. The third-order valence-electron chi connectivity index (χ3n) is 4.29. The first-order valence-corrected chi connectivity index (χ1v) is 8.23. The van der Waals surface area contributed by atoms with Gasteiger partial charge in [-0.2, -0.15) is 0 Å². The second-order valence-corrected chi connectivity index (χ2v) is 6.28. The van der Waals surface area contributed by atoms with Gasteiger partial charge in [0.2, 0.25) is 5.91 Å². The van der Waals surface area contributed by atoms with E-state index in [0.717, 1.165) is 37.8 Å². The summed E-state index contributed by atoms with van der Waals surface area (Å²) < 4.78 is 5.60. The van der Waals surface area contributed by atoms with Gasteiger partial charge in [0, 0.05) is 17.6 Å². The highest BCUT2D eigenvalue weighted by Gasteiger charge is 2.35. The van der Waals surface area contributed by atoms with Gasteiger partial charge >= 0.3 is 6.01 Å². The number of hydrogen-bond acceptors (Lipinski definition) is 5. The van der Waals surface area contributed by atoms with Gasteiger partial charge in [0.25, 0.3) is 0 Å². The Hall–Kier alpha value is -2.47. The monoisotopic (exact) mass is 326 g/mol. The van der Waals surface area contributed by atoms with Crippen LogP contribution in [0.25, 0.3) is 0 Å². The molecule has 0 aliphatic heterocycles. The third-order valence-corrected chi connectivity index (χ3v) is 4.29. The molecule has 3 rings (SSSR count). The van der Waals surface area contributed by atoms with Crippen molar-refractivity contribution in [2.75, 3.05) is 5.32 Å². The number of amides is 1. The van der Waals surface area contributed by atoms with Crippen molar-refractivity contribution in [1.82, 2.24) is 9.97 Å². The molecule has 6 nitrogen and oxygen atoms in total. The molecule has 1 aliphatic carbocycles. The van der Waals surface area contributed by atoms with Crippen LogP contribution >= 0.6 is 0 Å². The van der Waals surface area contributed by atoms with Gasteiger partial charge in [0.1, 0.15) is 5.75 Å². The summed E-state index contributed by atoms with van der Waals surface area (Å²) in [5.74, 6) is 0.497. The van der Waals surface area contributed by atoms with Crippen molar-refractivity contribution in [2.45, 2.75) is 44.6 Å². The maximum absolute atomic E-state index is 12.4. The van der Waals surface area contributed by atoms with Crippen molar-refractivity contribution in [3.63, 3.8) is 0 Å². The van der Waals surface area contributed by atoms with Gasteiger partial charge < -0.3 is 15.8 Å². The van der Waals surface area contributed by atoms with Crippen LogP contribution < -0.4 is 15.8 Å². The summed E-state index contributed by atoms with van der Waals surface area (Å²) in [7, 11) is 0. The molecule has 0 unspecified atom stereocenters. The van der Waals surface area contributed by atoms with E-state index in [-0.39, 0.29) is 5.91 Å². The van der Waals surface area contributed by atoms with Crippen molar-refractivity contribution in [3.8, 4) is 11.8 Å². The Labute approximate surface area is 141 Å². The Kier molecular flexibility index (Phi) is 4.76. The van der Waals surface area contributed by atoms with Gasteiger partial charge in [-0.3, -0.25) is 4.79 Å². The average Bonchev–Trinajstić information content (AvgIpc) is 2.57. The molecule has 6 heteroatoms. The Balaban J connectivity index is 1.63. The smallest absolute Gasteiger partial charge is 0.322 e. The van der Waals surface area contributed by atoms with E-state index >= 15 is 0 Å². The molecule has 1 aromatic carbocycles. The number of hydrogen-bond donors (Lipinski definition) is 2. The Morgan fingerprint density at radius 2 is 1.88 bits per heavy atom. The molecule has 0 spiro atoms. The van der Waals surface area contributed by atoms with E-state index < -0.39 is 5.54 Å². The van der Waals surface area contributed by atoms with Crippen molar-refractivity contribution in [2.24, 2.45) is 5.73 Å². The highest BCUT2D eigenvalue weighted by atomic mass is 16.5. The number of nitrogens with zero attached hydrogens (tertiary/aromatic N) is 2. The maximum atomic E-state index is 12.4. The first kappa shape index (κ1) is 16.4. The van der Waals surface area contributed by atoms with Gasteiger partial charge in [-0.05, 0) is 50.1 Å². The topological polar surface area (TPSA) is 90.1 Å². The number of anilines is 1. The summed E-state index contributed by atoms with van der Waals surface area (Å²) in [4.78, 5) is 20.7. The molecule has 1 amide bonds. The van der Waals surface area contributed by atoms with Crippen LogP contribution in [0, 0.1) is 6.92 Å². The molecule has 1 saturated carbocycles. The van der Waals surface area contributed by atoms with Crippen LogP contribution in [0.4, 0.5) is 5.69 Å². The minimum Gasteiger partial charge on any atom is -0.424 e. The zero-order chi connectivity index (χ0) is 17.0. The van der Waals surface area contributed by atoms with Crippen LogP contribution in [0.3, 0.4) is 0 Å². The second-order valence-electron chi connectivity index (χ2n) is 6.28. The summed E-state index contributed by atoms with van der Waals surface area (Å²) in [6.07, 6.45) is 6.30. The van der Waals surface area contributed by atoms with Gasteiger partial charge in [0.05, 0.1) is 5.54 Å². The van der Waals surface area contributed by atoms with E-state index in [0.29, 0.717) is 17.4 Å². The van der Waals surface area contributed by atoms with Crippen LogP contribution in [-0.4, -0.2) is 21.4 Å². The van der Waals surface area contributed by atoms with Gasteiger partial charge in [-0.1, -0.05) is 19.3 Å². The largest absolute Gasteiger partial charge is 0.424 e. The molecule has 0 atom stereocenters. The molecule has 1 aromatic heterocycles. The number of nitrogens with two attached hydrogens (primary N) is 1. The van der Waals surface area contributed by atoms with Crippen molar-refractivity contribution in [3.05, 3.63) is 42.2 Å². The maximum Gasteiger partial charge on any atom is 0.322 e. The van der Waals surface area contributed by atoms with E-state index in [2.05, 4.69) is 15.3 Å². The van der Waals surface area contributed by atoms with E-state index in [1.165, 1.54) is 0 Å². The first-order chi connectivity index (χ1) is 11.5. The third kappa shape index (κ3) is 3.89. The van der Waals surface area contributed by atoms with E-state index in [9.17, 15) is 4.79 Å². The minimum absolute atomic E-state index is 0.113. The molecule has 3 N–H and O–H groups in total. The molecule has 1 fully saturated rings. The zero-order valence-electron chi connectivity index (χ0n) is 13.8. The van der Waals surface area contributed by atoms with Crippen molar-refractivity contribution < 1.29 is 9.53 Å². The number of nitrogens with one attached hydrogen (secondary N) is 1. The van der Waals surface area contributed by atoms with Crippen LogP contribution in [0.2, 0.25) is 0 Å². The normalized spacial score (nSPS) is 16.4. The van der Waals surface area contributed by atoms with Crippen LogP contribution in [0.5, 0.6) is 11.8 Å². The molecular weight excluding hydrogens is 304 g/mol. The Morgan fingerprint density at radius 1 is 1.17 bits per heavy atom. The number of benzene rings is 1. The lowest BCUT2D eigenvalue weighted by Crippen LogP contribution is -2.52. The quantitative estimate of drug-likeness (QED) is 0.900. The molecule has 24 heavy (non-hydrogen) atoms. The molecule has 1 heterocycles. The molecule has 0 radical (unpaired) electrons. The first-order valence-electron chi connectivity index (χ1n) is 8.23. The molecule has 0 saturated heterocycles. The number of ether oxygens (including phenoxy) is 1. The summed E-state index contributed by atoms with van der Waals surface area (Å²) >= 11 is 0. The lowest BCUT2D eigenvalue weighted by Gasteiger charge is -2.31. The molecular formula is C18H22N4O2. The van der Waals surface area contributed by atoms with Crippen LogP contribution in [-0.2, 0) is 4.79 Å².